The summed E-state index contributed by atoms with van der Waals surface area (Å²) in [7, 11) is 0. The molecule has 0 N–H and O–H groups in total. The molecule has 0 bridgehead atoms. The summed E-state index contributed by atoms with van der Waals surface area (Å²) in [5.41, 5.74) is 2.42. The molecule has 1 aliphatic carbocycles. The smallest absolute Gasteiger partial charge is 0.226 e. The van der Waals surface area contributed by atoms with Crippen molar-refractivity contribution in [2.75, 3.05) is 0 Å². The van der Waals surface area contributed by atoms with Crippen LogP contribution >= 0.6 is 0 Å². The van der Waals surface area contributed by atoms with Crippen LogP contribution in [0.25, 0.3) is 11.4 Å². The van der Waals surface area contributed by atoms with Crippen molar-refractivity contribution in [1.82, 2.24) is 10.1 Å². The molecule has 0 aliphatic heterocycles. The SMILES string of the molecule is CCCc1ccc(-c2noc(CCC3CCCCC3)n2)cc1. The molecule has 0 atom stereocenters. The van der Waals surface area contributed by atoms with Gasteiger partial charge in [-0.25, -0.2) is 0 Å². The maximum Gasteiger partial charge on any atom is 0.226 e. The Morgan fingerprint density at radius 2 is 1.82 bits per heavy atom. The van der Waals surface area contributed by atoms with E-state index in [4.69, 9.17) is 4.52 Å². The highest BCUT2D eigenvalue weighted by molar-refractivity contribution is 5.54. The van der Waals surface area contributed by atoms with Crippen LogP contribution < -0.4 is 0 Å². The molecule has 2 aromatic rings. The fourth-order valence-corrected chi connectivity index (χ4v) is 3.39. The molecule has 1 aromatic heterocycles. The van der Waals surface area contributed by atoms with Gasteiger partial charge in [0.15, 0.2) is 0 Å². The molecule has 1 fully saturated rings. The first-order valence-corrected chi connectivity index (χ1v) is 8.77. The molecule has 3 nitrogen and oxygen atoms in total. The lowest BCUT2D eigenvalue weighted by atomic mass is 9.86. The van der Waals surface area contributed by atoms with Crippen molar-refractivity contribution < 1.29 is 4.52 Å². The lowest BCUT2D eigenvalue weighted by Gasteiger charge is -2.20. The van der Waals surface area contributed by atoms with Gasteiger partial charge in [0, 0.05) is 12.0 Å². The second-order valence-corrected chi connectivity index (χ2v) is 6.50. The Balaban J connectivity index is 1.58. The Morgan fingerprint density at radius 3 is 2.55 bits per heavy atom. The summed E-state index contributed by atoms with van der Waals surface area (Å²) >= 11 is 0. The Labute approximate surface area is 133 Å². The summed E-state index contributed by atoms with van der Waals surface area (Å²) < 4.78 is 5.43. The summed E-state index contributed by atoms with van der Waals surface area (Å²) in [5, 5.41) is 4.14. The van der Waals surface area contributed by atoms with E-state index in [1.54, 1.807) is 0 Å². The van der Waals surface area contributed by atoms with E-state index in [1.807, 2.05) is 0 Å². The third-order valence-electron chi connectivity index (χ3n) is 4.71. The zero-order valence-electron chi connectivity index (χ0n) is 13.6. The van der Waals surface area contributed by atoms with Crippen molar-refractivity contribution in [3.05, 3.63) is 35.7 Å². The first-order valence-electron chi connectivity index (χ1n) is 8.77. The molecule has 0 spiro atoms. The van der Waals surface area contributed by atoms with Gasteiger partial charge < -0.3 is 4.52 Å². The molecule has 1 aromatic carbocycles. The first-order chi connectivity index (χ1) is 10.8. The Bertz CT molecular complexity index is 567. The van der Waals surface area contributed by atoms with Crippen LogP contribution in [0.2, 0.25) is 0 Å². The number of hydrogen-bond acceptors (Lipinski definition) is 3. The Hall–Kier alpha value is -1.64. The van der Waals surface area contributed by atoms with Gasteiger partial charge in [-0.2, -0.15) is 4.98 Å². The van der Waals surface area contributed by atoms with Gasteiger partial charge in [0.1, 0.15) is 0 Å². The van der Waals surface area contributed by atoms with E-state index in [0.717, 1.165) is 36.0 Å². The van der Waals surface area contributed by atoms with Gasteiger partial charge in [0.05, 0.1) is 0 Å². The normalized spacial score (nSPS) is 16.0. The second kappa shape index (κ2) is 7.57. The van der Waals surface area contributed by atoms with Gasteiger partial charge in [-0.15, -0.1) is 0 Å². The molecule has 22 heavy (non-hydrogen) atoms. The first kappa shape index (κ1) is 15.3. The number of nitrogens with zero attached hydrogens (tertiary/aromatic N) is 2. The van der Waals surface area contributed by atoms with Gasteiger partial charge in [0.2, 0.25) is 11.7 Å². The average molecular weight is 298 g/mol. The lowest BCUT2D eigenvalue weighted by molar-refractivity contribution is 0.315. The number of benzene rings is 1. The maximum atomic E-state index is 5.43. The summed E-state index contributed by atoms with van der Waals surface area (Å²) in [4.78, 5) is 4.56. The van der Waals surface area contributed by atoms with Crippen LogP contribution in [0.3, 0.4) is 0 Å². The van der Waals surface area contributed by atoms with Gasteiger partial charge in [-0.05, 0) is 24.3 Å². The van der Waals surface area contributed by atoms with Crippen molar-refractivity contribution in [1.29, 1.82) is 0 Å². The molecule has 1 heterocycles. The molecule has 0 unspecified atom stereocenters. The summed E-state index contributed by atoms with van der Waals surface area (Å²) in [6.45, 7) is 2.20. The van der Waals surface area contributed by atoms with Gasteiger partial charge >= 0.3 is 0 Å². The predicted molar refractivity (Wildman–Crippen MR) is 88.6 cm³/mol. The molecule has 0 saturated heterocycles. The largest absolute Gasteiger partial charge is 0.339 e. The molecular formula is C19H26N2O. The highest BCUT2D eigenvalue weighted by atomic mass is 16.5. The Morgan fingerprint density at radius 1 is 1.05 bits per heavy atom. The van der Waals surface area contributed by atoms with Crippen molar-refractivity contribution >= 4 is 0 Å². The third-order valence-corrected chi connectivity index (χ3v) is 4.71. The average Bonchev–Trinajstić information content (AvgIpc) is 3.04. The van der Waals surface area contributed by atoms with Crippen LogP contribution in [-0.2, 0) is 12.8 Å². The molecule has 0 radical (unpaired) electrons. The van der Waals surface area contributed by atoms with Crippen molar-refractivity contribution in [2.24, 2.45) is 5.92 Å². The minimum Gasteiger partial charge on any atom is -0.339 e. The molecule has 3 rings (SSSR count). The lowest BCUT2D eigenvalue weighted by Crippen LogP contribution is -2.07. The minimum atomic E-state index is 0.724. The number of aryl methyl sites for hydroxylation is 2. The van der Waals surface area contributed by atoms with Crippen LogP contribution in [0.5, 0.6) is 0 Å². The van der Waals surface area contributed by atoms with E-state index in [-0.39, 0.29) is 0 Å². The Kier molecular flexibility index (Phi) is 5.25. The predicted octanol–water partition coefficient (Wildman–Crippen LogP) is 5.20. The van der Waals surface area contributed by atoms with E-state index in [1.165, 1.54) is 50.5 Å². The monoisotopic (exact) mass is 298 g/mol. The fraction of sp³-hybridized carbons (Fsp3) is 0.579. The van der Waals surface area contributed by atoms with E-state index in [0.29, 0.717) is 0 Å². The zero-order chi connectivity index (χ0) is 15.2. The molecule has 1 saturated carbocycles. The summed E-state index contributed by atoms with van der Waals surface area (Å²) in [6, 6.07) is 8.52. The highest BCUT2D eigenvalue weighted by Crippen LogP contribution is 2.27. The van der Waals surface area contributed by atoms with E-state index in [9.17, 15) is 0 Å². The zero-order valence-corrected chi connectivity index (χ0v) is 13.6. The number of hydrogen-bond donors (Lipinski definition) is 0. The minimum absolute atomic E-state index is 0.724. The number of rotatable bonds is 6. The van der Waals surface area contributed by atoms with Crippen molar-refractivity contribution in [3.8, 4) is 11.4 Å². The number of aromatic nitrogens is 2. The van der Waals surface area contributed by atoms with Crippen LogP contribution in [-0.4, -0.2) is 10.1 Å². The van der Waals surface area contributed by atoms with Gasteiger partial charge in [-0.1, -0.05) is 74.9 Å². The quantitative estimate of drug-likeness (QED) is 0.735. The molecular weight excluding hydrogens is 272 g/mol. The van der Waals surface area contributed by atoms with Crippen LogP contribution in [0.1, 0.15) is 63.3 Å². The maximum absolute atomic E-state index is 5.43. The summed E-state index contributed by atoms with van der Waals surface area (Å²) in [5.74, 6) is 2.37. The second-order valence-electron chi connectivity index (χ2n) is 6.50. The van der Waals surface area contributed by atoms with Crippen LogP contribution in [0.4, 0.5) is 0 Å². The molecule has 118 valence electrons. The van der Waals surface area contributed by atoms with Gasteiger partial charge in [-0.3, -0.25) is 0 Å². The standard InChI is InChI=1S/C19H26N2O/c1-2-6-15-9-12-17(13-10-15)19-20-18(22-21-19)14-11-16-7-4-3-5-8-16/h9-10,12-13,16H,2-8,11,14H2,1H3. The van der Waals surface area contributed by atoms with Crippen LogP contribution in [0.15, 0.2) is 28.8 Å². The topological polar surface area (TPSA) is 38.9 Å². The van der Waals surface area contributed by atoms with Crippen LogP contribution in [0, 0.1) is 5.92 Å². The highest BCUT2D eigenvalue weighted by Gasteiger charge is 2.15. The van der Waals surface area contributed by atoms with Crippen molar-refractivity contribution in [2.45, 2.75) is 64.7 Å². The molecule has 0 amide bonds. The third kappa shape index (κ3) is 3.96. The van der Waals surface area contributed by atoms with E-state index >= 15 is 0 Å². The fourth-order valence-electron chi connectivity index (χ4n) is 3.39. The van der Waals surface area contributed by atoms with E-state index in [2.05, 4.69) is 41.3 Å². The molecule has 1 aliphatic rings. The molecule has 3 heteroatoms. The summed E-state index contributed by atoms with van der Waals surface area (Å²) in [6.07, 6.45) is 11.4. The van der Waals surface area contributed by atoms with Gasteiger partial charge in [0.25, 0.3) is 0 Å². The van der Waals surface area contributed by atoms with Crippen molar-refractivity contribution in [3.63, 3.8) is 0 Å². The van der Waals surface area contributed by atoms with E-state index < -0.39 is 0 Å².